The number of thiazole rings is 1. The fourth-order valence-corrected chi connectivity index (χ4v) is 3.64. The van der Waals surface area contributed by atoms with E-state index in [0.29, 0.717) is 16.2 Å². The number of nitrogens with one attached hydrogen (secondary N) is 1. The quantitative estimate of drug-likeness (QED) is 0.641. The highest BCUT2D eigenvalue weighted by Gasteiger charge is 2.35. The van der Waals surface area contributed by atoms with E-state index in [1.807, 2.05) is 18.2 Å². The molecule has 2 nitrogen and oxygen atoms in total. The van der Waals surface area contributed by atoms with Crippen LogP contribution in [0.5, 0.6) is 0 Å². The second kappa shape index (κ2) is 6.29. The molecule has 0 aliphatic carbocycles. The molecule has 1 aromatic heterocycles. The summed E-state index contributed by atoms with van der Waals surface area (Å²) < 4.78 is 39.8. The molecule has 1 aromatic carbocycles. The van der Waals surface area contributed by atoms with Crippen molar-refractivity contribution in [3.63, 3.8) is 0 Å². The summed E-state index contributed by atoms with van der Waals surface area (Å²) in [6, 6.07) is 5.41. The molecule has 0 amide bonds. The molecule has 108 valence electrons. The fraction of sp³-hybridized carbons (Fsp3) is 0.250. The van der Waals surface area contributed by atoms with Gasteiger partial charge in [0, 0.05) is 19.1 Å². The Hall–Kier alpha value is -0.190. The lowest BCUT2D eigenvalue weighted by molar-refractivity contribution is -0.137. The lowest BCUT2D eigenvalue weighted by atomic mass is 10.1. The molecule has 0 fully saturated rings. The highest BCUT2D eigenvalue weighted by molar-refractivity contribution is 14.1. The lowest BCUT2D eigenvalue weighted by Crippen LogP contribution is -2.17. The normalized spacial score (nSPS) is 13.5. The number of hydrogen-bond acceptors (Lipinski definition) is 3. The van der Waals surface area contributed by atoms with Gasteiger partial charge in [-0.25, -0.2) is 4.98 Å². The Bertz CT molecular complexity index is 615. The number of halogens is 5. The molecular formula is C12H9BrF3IN2S. The van der Waals surface area contributed by atoms with E-state index in [1.54, 1.807) is 7.05 Å². The van der Waals surface area contributed by atoms with Crippen molar-refractivity contribution in [2.45, 2.75) is 12.2 Å². The highest BCUT2D eigenvalue weighted by atomic mass is 127. The van der Waals surface area contributed by atoms with E-state index in [2.05, 4.69) is 48.8 Å². The zero-order chi connectivity index (χ0) is 14.9. The average molecular weight is 477 g/mol. The van der Waals surface area contributed by atoms with Crippen LogP contribution in [0, 0.1) is 3.57 Å². The first-order valence-electron chi connectivity index (χ1n) is 5.48. The third-order valence-electron chi connectivity index (χ3n) is 2.61. The number of nitrogens with zero attached hydrogens (tertiary/aromatic N) is 1. The van der Waals surface area contributed by atoms with E-state index in [9.17, 15) is 13.2 Å². The number of hydrogen-bond donors (Lipinski definition) is 1. The predicted molar refractivity (Wildman–Crippen MR) is 84.9 cm³/mol. The van der Waals surface area contributed by atoms with Crippen LogP contribution in [-0.4, -0.2) is 12.0 Å². The smallest absolute Gasteiger partial charge is 0.309 e. The van der Waals surface area contributed by atoms with Gasteiger partial charge in [0.05, 0.1) is 6.04 Å². The summed E-state index contributed by atoms with van der Waals surface area (Å²) in [5.41, 5.74) is 0.886. The first kappa shape index (κ1) is 16.2. The summed E-state index contributed by atoms with van der Waals surface area (Å²) in [5.74, 6) is 0. The van der Waals surface area contributed by atoms with Gasteiger partial charge in [0.25, 0.3) is 0 Å². The van der Waals surface area contributed by atoms with Crippen molar-refractivity contribution in [2.24, 2.45) is 0 Å². The van der Waals surface area contributed by atoms with Crippen molar-refractivity contribution in [3.05, 3.63) is 47.9 Å². The summed E-state index contributed by atoms with van der Waals surface area (Å²) >= 11 is 6.26. The monoisotopic (exact) mass is 476 g/mol. The maximum atomic E-state index is 12.6. The van der Waals surface area contributed by atoms with Crippen LogP contribution in [0.2, 0.25) is 0 Å². The summed E-state index contributed by atoms with van der Waals surface area (Å²) in [6.45, 7) is 0. The molecule has 0 saturated carbocycles. The van der Waals surface area contributed by atoms with Crippen LogP contribution in [0.4, 0.5) is 13.2 Å². The van der Waals surface area contributed by atoms with Gasteiger partial charge >= 0.3 is 6.18 Å². The van der Waals surface area contributed by atoms with E-state index in [0.717, 1.165) is 13.6 Å². The third kappa shape index (κ3) is 3.52. The maximum Gasteiger partial charge on any atom is 0.443 e. The summed E-state index contributed by atoms with van der Waals surface area (Å²) in [7, 11) is 1.71. The molecule has 8 heteroatoms. The van der Waals surface area contributed by atoms with Crippen LogP contribution in [0.25, 0.3) is 0 Å². The molecular weight excluding hydrogens is 468 g/mol. The highest BCUT2D eigenvalue weighted by Crippen LogP contribution is 2.37. The zero-order valence-electron chi connectivity index (χ0n) is 10.1. The van der Waals surface area contributed by atoms with Gasteiger partial charge in [-0.15, -0.1) is 11.3 Å². The van der Waals surface area contributed by atoms with Gasteiger partial charge in [-0.1, -0.05) is 15.9 Å². The van der Waals surface area contributed by atoms with E-state index in [1.165, 1.54) is 6.20 Å². The summed E-state index contributed by atoms with van der Waals surface area (Å²) in [6.07, 6.45) is -3.12. The van der Waals surface area contributed by atoms with Crippen molar-refractivity contribution in [1.29, 1.82) is 0 Å². The SMILES string of the molecule is CNC(c1cnc(C(F)(F)F)s1)c1cc(I)ccc1Br. The predicted octanol–water partition coefficient (Wildman–Crippen LogP) is 4.84. The number of aromatic nitrogens is 1. The van der Waals surface area contributed by atoms with E-state index in [4.69, 9.17) is 0 Å². The minimum Gasteiger partial charge on any atom is -0.309 e. The van der Waals surface area contributed by atoms with Crippen LogP contribution >= 0.6 is 49.9 Å². The molecule has 1 heterocycles. The van der Waals surface area contributed by atoms with Gasteiger partial charge in [-0.3, -0.25) is 0 Å². The first-order valence-corrected chi connectivity index (χ1v) is 8.17. The van der Waals surface area contributed by atoms with Gasteiger partial charge in [0.2, 0.25) is 0 Å². The Kier molecular flexibility index (Phi) is 5.09. The van der Waals surface area contributed by atoms with Crippen molar-refractivity contribution in [3.8, 4) is 0 Å². The Balaban J connectivity index is 2.42. The Labute approximate surface area is 140 Å². The summed E-state index contributed by atoms with van der Waals surface area (Å²) in [4.78, 5) is 4.00. The number of benzene rings is 1. The molecule has 0 bridgehead atoms. The van der Waals surface area contributed by atoms with Crippen LogP contribution in [-0.2, 0) is 6.18 Å². The Morgan fingerprint density at radius 1 is 1.40 bits per heavy atom. The topological polar surface area (TPSA) is 24.9 Å². The Morgan fingerprint density at radius 3 is 2.65 bits per heavy atom. The molecule has 0 aliphatic rings. The van der Waals surface area contributed by atoms with Crippen molar-refractivity contribution in [1.82, 2.24) is 10.3 Å². The standard InChI is InChI=1S/C12H9BrF3IN2S/c1-18-10(7-4-6(17)2-3-8(7)13)9-5-19-11(20-9)12(14,15)16/h2-5,10,18H,1H3. The van der Waals surface area contributed by atoms with Gasteiger partial charge in [0.15, 0.2) is 5.01 Å². The molecule has 2 rings (SSSR count). The largest absolute Gasteiger partial charge is 0.443 e. The van der Waals surface area contributed by atoms with Crippen LogP contribution in [0.15, 0.2) is 28.9 Å². The van der Waals surface area contributed by atoms with Gasteiger partial charge in [0.1, 0.15) is 0 Å². The minimum absolute atomic E-state index is 0.326. The average Bonchev–Trinajstić information content (AvgIpc) is 2.84. The molecule has 1 N–H and O–H groups in total. The van der Waals surface area contributed by atoms with Gasteiger partial charge < -0.3 is 5.32 Å². The Morgan fingerprint density at radius 2 is 2.10 bits per heavy atom. The van der Waals surface area contributed by atoms with Gasteiger partial charge in [-0.05, 0) is 53.4 Å². The minimum atomic E-state index is -4.40. The maximum absolute atomic E-state index is 12.6. The van der Waals surface area contributed by atoms with Crippen molar-refractivity contribution < 1.29 is 13.2 Å². The van der Waals surface area contributed by atoms with E-state index in [-0.39, 0.29) is 6.04 Å². The summed E-state index contributed by atoms with van der Waals surface area (Å²) in [5, 5.41) is 2.21. The van der Waals surface area contributed by atoms with Crippen LogP contribution in [0.3, 0.4) is 0 Å². The fourth-order valence-electron chi connectivity index (χ4n) is 1.74. The van der Waals surface area contributed by atoms with Crippen LogP contribution in [0.1, 0.15) is 21.5 Å². The number of rotatable bonds is 3. The molecule has 0 spiro atoms. The number of alkyl halides is 3. The van der Waals surface area contributed by atoms with Gasteiger partial charge in [-0.2, -0.15) is 13.2 Å². The molecule has 0 radical (unpaired) electrons. The van der Waals surface area contributed by atoms with Crippen LogP contribution < -0.4 is 5.32 Å². The van der Waals surface area contributed by atoms with Crippen molar-refractivity contribution in [2.75, 3.05) is 7.05 Å². The molecule has 20 heavy (non-hydrogen) atoms. The second-order valence-corrected chi connectivity index (χ2v) is 7.12. The first-order chi connectivity index (χ1) is 9.32. The zero-order valence-corrected chi connectivity index (χ0v) is 14.7. The third-order valence-corrected chi connectivity index (χ3v) is 5.11. The molecule has 1 atom stereocenters. The molecule has 2 aromatic rings. The van der Waals surface area contributed by atoms with Crippen molar-refractivity contribution >= 4 is 49.9 Å². The van der Waals surface area contributed by atoms with E-state index >= 15 is 0 Å². The van der Waals surface area contributed by atoms with E-state index < -0.39 is 11.2 Å². The molecule has 0 saturated heterocycles. The lowest BCUT2D eigenvalue weighted by Gasteiger charge is -2.16. The molecule has 1 unspecified atom stereocenters. The second-order valence-electron chi connectivity index (χ2n) is 3.95. The molecule has 0 aliphatic heterocycles.